The molecule has 0 fully saturated rings. The normalized spacial score (nSPS) is 12.7. The molecule has 38 heavy (non-hydrogen) atoms. The van der Waals surface area contributed by atoms with Crippen LogP contribution >= 0.6 is 12.2 Å². The van der Waals surface area contributed by atoms with Gasteiger partial charge in [0.15, 0.2) is 28.1 Å². The third kappa shape index (κ3) is 5.38. The van der Waals surface area contributed by atoms with Gasteiger partial charge in [-0.05, 0) is 54.5 Å². The predicted molar refractivity (Wildman–Crippen MR) is 150 cm³/mol. The van der Waals surface area contributed by atoms with Crippen LogP contribution in [0.5, 0.6) is 23.0 Å². The number of aromatic nitrogens is 1. The van der Waals surface area contributed by atoms with E-state index < -0.39 is 0 Å². The quantitative estimate of drug-likeness (QED) is 0.310. The topological polar surface area (TPSA) is 85.0 Å². The molecule has 0 radical (unpaired) electrons. The van der Waals surface area contributed by atoms with Crippen molar-refractivity contribution in [1.29, 1.82) is 0 Å². The van der Waals surface area contributed by atoms with Gasteiger partial charge in [0.25, 0.3) is 5.56 Å². The molecule has 5 rings (SSSR count). The molecule has 0 saturated carbocycles. The van der Waals surface area contributed by atoms with Crippen molar-refractivity contribution < 1.29 is 18.9 Å². The fourth-order valence-corrected chi connectivity index (χ4v) is 4.77. The Bertz CT molecular complexity index is 1520. The molecule has 0 amide bonds. The van der Waals surface area contributed by atoms with E-state index in [4.69, 9.17) is 31.2 Å². The summed E-state index contributed by atoms with van der Waals surface area (Å²) in [6, 6.07) is 21.4. The summed E-state index contributed by atoms with van der Waals surface area (Å²) in [5, 5.41) is 4.80. The number of ether oxygens (including phenoxy) is 4. The minimum absolute atomic E-state index is 0.0189. The maximum atomic E-state index is 13.1. The Kier molecular flexibility index (Phi) is 7.37. The molecule has 0 bridgehead atoms. The zero-order valence-corrected chi connectivity index (χ0v) is 22.3. The van der Waals surface area contributed by atoms with Crippen LogP contribution in [0, 0.1) is 0 Å². The number of thiocarbonyl (C=S) groups is 1. The van der Waals surface area contributed by atoms with Crippen molar-refractivity contribution >= 4 is 28.2 Å². The molecule has 1 unspecified atom stereocenters. The summed E-state index contributed by atoms with van der Waals surface area (Å²) in [4.78, 5) is 18.1. The molecule has 8 nitrogen and oxygen atoms in total. The van der Waals surface area contributed by atoms with Crippen LogP contribution in [-0.2, 0) is 13.1 Å². The zero-order chi connectivity index (χ0) is 26.6. The summed E-state index contributed by atoms with van der Waals surface area (Å²) in [7, 11) is 3.15. The standard InChI is InChI=1S/C29H29N3O5S/c1-18(20-7-5-4-6-8-20)30-29(38)32(15-19-9-10-24-27(11-19)37-17-36-24)16-22-12-21-13-25(34-2)26(35-3)14-23(21)31-28(22)33/h4-14,18H,15-17H2,1-3H3,(H,30,38)(H,31,33). The number of rotatable bonds is 8. The van der Waals surface area contributed by atoms with E-state index in [1.807, 2.05) is 53.4 Å². The van der Waals surface area contributed by atoms with Gasteiger partial charge in [0.2, 0.25) is 6.79 Å². The van der Waals surface area contributed by atoms with E-state index >= 15 is 0 Å². The maximum absolute atomic E-state index is 13.1. The smallest absolute Gasteiger partial charge is 0.253 e. The van der Waals surface area contributed by atoms with Gasteiger partial charge < -0.3 is 34.1 Å². The van der Waals surface area contributed by atoms with E-state index in [2.05, 4.69) is 29.4 Å². The van der Waals surface area contributed by atoms with Crippen LogP contribution in [0.3, 0.4) is 0 Å². The summed E-state index contributed by atoms with van der Waals surface area (Å²) in [5.74, 6) is 2.55. The van der Waals surface area contributed by atoms with E-state index in [1.54, 1.807) is 20.3 Å². The number of nitrogens with one attached hydrogen (secondary N) is 2. The molecule has 2 heterocycles. The zero-order valence-electron chi connectivity index (χ0n) is 21.4. The molecule has 1 aromatic heterocycles. The molecular weight excluding hydrogens is 502 g/mol. The summed E-state index contributed by atoms with van der Waals surface area (Å²) < 4.78 is 21.9. The van der Waals surface area contributed by atoms with Gasteiger partial charge in [-0.25, -0.2) is 0 Å². The Labute approximate surface area is 226 Å². The molecule has 196 valence electrons. The highest BCUT2D eigenvalue weighted by Crippen LogP contribution is 2.33. The first-order valence-electron chi connectivity index (χ1n) is 12.2. The maximum Gasteiger partial charge on any atom is 0.253 e. The van der Waals surface area contributed by atoms with Gasteiger partial charge in [0.05, 0.1) is 32.3 Å². The van der Waals surface area contributed by atoms with Crippen molar-refractivity contribution in [2.24, 2.45) is 0 Å². The van der Waals surface area contributed by atoms with Crippen molar-refractivity contribution in [3.63, 3.8) is 0 Å². The Balaban J connectivity index is 1.46. The minimum atomic E-state index is -0.195. The second kappa shape index (κ2) is 11.0. The highest BCUT2D eigenvalue weighted by Gasteiger charge is 2.19. The third-order valence-corrected chi connectivity index (χ3v) is 6.90. The monoisotopic (exact) mass is 531 g/mol. The van der Waals surface area contributed by atoms with Crippen molar-refractivity contribution in [1.82, 2.24) is 15.2 Å². The van der Waals surface area contributed by atoms with Crippen LogP contribution in [0.25, 0.3) is 10.9 Å². The van der Waals surface area contributed by atoms with E-state index in [0.29, 0.717) is 52.3 Å². The molecule has 3 aromatic carbocycles. The molecular formula is C29H29N3O5S. The van der Waals surface area contributed by atoms with Gasteiger partial charge in [-0.3, -0.25) is 4.79 Å². The molecule has 9 heteroatoms. The number of pyridine rings is 1. The third-order valence-electron chi connectivity index (χ3n) is 6.52. The fraction of sp³-hybridized carbons (Fsp3) is 0.241. The Morgan fingerprint density at radius 1 is 1.00 bits per heavy atom. The van der Waals surface area contributed by atoms with Gasteiger partial charge in [-0.15, -0.1) is 0 Å². The number of aromatic amines is 1. The number of hydrogen-bond donors (Lipinski definition) is 2. The van der Waals surface area contributed by atoms with Crippen molar-refractivity contribution in [2.75, 3.05) is 21.0 Å². The van der Waals surface area contributed by atoms with E-state index in [1.165, 1.54) is 0 Å². The van der Waals surface area contributed by atoms with Gasteiger partial charge in [0, 0.05) is 23.6 Å². The van der Waals surface area contributed by atoms with E-state index in [9.17, 15) is 4.79 Å². The van der Waals surface area contributed by atoms with Crippen molar-refractivity contribution in [3.8, 4) is 23.0 Å². The fourth-order valence-electron chi connectivity index (χ4n) is 4.46. The first kappa shape index (κ1) is 25.4. The second-order valence-corrected chi connectivity index (χ2v) is 9.43. The molecule has 0 aliphatic carbocycles. The summed E-state index contributed by atoms with van der Waals surface area (Å²) in [6.07, 6.45) is 0. The highest BCUT2D eigenvalue weighted by molar-refractivity contribution is 7.80. The number of fused-ring (bicyclic) bond motifs is 2. The highest BCUT2D eigenvalue weighted by atomic mass is 32.1. The first-order chi connectivity index (χ1) is 18.4. The Morgan fingerprint density at radius 3 is 2.50 bits per heavy atom. The van der Waals surface area contributed by atoms with Crippen LogP contribution in [0.4, 0.5) is 0 Å². The Hall–Kier alpha value is -4.24. The van der Waals surface area contributed by atoms with Crippen LogP contribution in [0.15, 0.2) is 71.5 Å². The van der Waals surface area contributed by atoms with Crippen LogP contribution in [-0.4, -0.2) is 36.0 Å². The van der Waals surface area contributed by atoms with Crippen molar-refractivity contribution in [2.45, 2.75) is 26.1 Å². The molecule has 1 atom stereocenters. The molecule has 1 aliphatic heterocycles. The first-order valence-corrected chi connectivity index (χ1v) is 12.6. The number of benzene rings is 3. The van der Waals surface area contributed by atoms with Gasteiger partial charge in [0.1, 0.15) is 0 Å². The average Bonchev–Trinajstić information content (AvgIpc) is 3.40. The van der Waals surface area contributed by atoms with Crippen LogP contribution in [0.2, 0.25) is 0 Å². The van der Waals surface area contributed by atoms with E-state index in [-0.39, 0.29) is 18.4 Å². The summed E-state index contributed by atoms with van der Waals surface area (Å²) >= 11 is 5.87. The molecule has 4 aromatic rings. The van der Waals surface area contributed by atoms with E-state index in [0.717, 1.165) is 16.5 Å². The average molecular weight is 532 g/mol. The summed E-state index contributed by atoms with van der Waals surface area (Å²) in [5.41, 5.74) is 3.13. The Morgan fingerprint density at radius 2 is 1.74 bits per heavy atom. The van der Waals surface area contributed by atoms with Gasteiger partial charge in [-0.1, -0.05) is 36.4 Å². The lowest BCUT2D eigenvalue weighted by Gasteiger charge is -2.28. The molecule has 0 spiro atoms. The van der Waals surface area contributed by atoms with Crippen molar-refractivity contribution in [3.05, 3.63) is 93.8 Å². The number of methoxy groups -OCH3 is 2. The minimum Gasteiger partial charge on any atom is -0.493 e. The van der Waals surface area contributed by atoms with Crippen LogP contribution < -0.4 is 29.8 Å². The number of nitrogens with zero attached hydrogens (tertiary/aromatic N) is 1. The predicted octanol–water partition coefficient (Wildman–Crippen LogP) is 4.91. The lowest BCUT2D eigenvalue weighted by molar-refractivity contribution is 0.174. The lowest BCUT2D eigenvalue weighted by Crippen LogP contribution is -2.41. The lowest BCUT2D eigenvalue weighted by atomic mass is 10.1. The second-order valence-electron chi connectivity index (χ2n) is 9.04. The number of H-pyrrole nitrogens is 1. The molecule has 2 N–H and O–H groups in total. The van der Waals surface area contributed by atoms with Crippen LogP contribution in [0.1, 0.15) is 29.7 Å². The molecule has 0 saturated heterocycles. The SMILES string of the molecule is COc1cc2cc(CN(Cc3ccc4c(c3)OCO4)C(=S)NC(C)c3ccccc3)c(=O)[nH]c2cc1OC. The number of hydrogen-bond acceptors (Lipinski definition) is 6. The van der Waals surface area contributed by atoms with Gasteiger partial charge in [-0.2, -0.15) is 0 Å². The largest absolute Gasteiger partial charge is 0.493 e. The summed E-state index contributed by atoms with van der Waals surface area (Å²) in [6.45, 7) is 3.02. The van der Waals surface area contributed by atoms with Gasteiger partial charge >= 0.3 is 0 Å². The molecule has 1 aliphatic rings.